The zero-order valence-electron chi connectivity index (χ0n) is 10.7. The topological polar surface area (TPSA) is 29.3 Å². The predicted octanol–water partition coefficient (Wildman–Crippen LogP) is 2.62. The number of nitrogens with two attached hydrogens (primary N) is 1. The quantitative estimate of drug-likeness (QED) is 0.848. The van der Waals surface area contributed by atoms with Gasteiger partial charge in [-0.15, -0.1) is 11.3 Å². The molecular formula is C16H16N2S. The summed E-state index contributed by atoms with van der Waals surface area (Å²) in [6.45, 7) is 2.51. The molecule has 19 heavy (non-hydrogen) atoms. The van der Waals surface area contributed by atoms with Crippen molar-refractivity contribution in [3.8, 4) is 11.8 Å². The van der Waals surface area contributed by atoms with Crippen LogP contribution in [0, 0.1) is 11.8 Å². The Morgan fingerprint density at radius 2 is 2.11 bits per heavy atom. The molecule has 0 spiro atoms. The lowest BCUT2D eigenvalue weighted by atomic mass is 10.2. The maximum absolute atomic E-state index is 5.39. The fourth-order valence-corrected chi connectivity index (χ4v) is 3.33. The fourth-order valence-electron chi connectivity index (χ4n) is 2.43. The van der Waals surface area contributed by atoms with Crippen LogP contribution in [0.1, 0.15) is 15.3 Å². The Bertz CT molecular complexity index is 633. The molecule has 1 aliphatic rings. The Balaban J connectivity index is 1.74. The lowest BCUT2D eigenvalue weighted by molar-refractivity contribution is 0.846. The van der Waals surface area contributed by atoms with Gasteiger partial charge in [0, 0.05) is 17.1 Å². The first kappa shape index (κ1) is 12.3. The highest BCUT2D eigenvalue weighted by Crippen LogP contribution is 2.30. The molecule has 0 radical (unpaired) electrons. The largest absolute Gasteiger partial charge is 0.366 e. The van der Waals surface area contributed by atoms with Gasteiger partial charge in [-0.2, -0.15) is 0 Å². The highest BCUT2D eigenvalue weighted by Gasteiger charge is 2.18. The van der Waals surface area contributed by atoms with Gasteiger partial charge in [0.25, 0.3) is 0 Å². The summed E-state index contributed by atoms with van der Waals surface area (Å²) in [5.41, 5.74) is 8.23. The van der Waals surface area contributed by atoms with Gasteiger partial charge >= 0.3 is 0 Å². The maximum atomic E-state index is 5.39. The molecule has 1 aromatic heterocycles. The summed E-state index contributed by atoms with van der Waals surface area (Å²) in [5.74, 6) is 6.00. The van der Waals surface area contributed by atoms with Crippen LogP contribution >= 0.6 is 11.3 Å². The predicted molar refractivity (Wildman–Crippen MR) is 81.4 cm³/mol. The molecule has 0 bridgehead atoms. The molecule has 0 saturated heterocycles. The van der Waals surface area contributed by atoms with Gasteiger partial charge in [0.15, 0.2) is 0 Å². The van der Waals surface area contributed by atoms with Gasteiger partial charge in [-0.1, -0.05) is 30.0 Å². The van der Waals surface area contributed by atoms with Gasteiger partial charge in [-0.3, -0.25) is 0 Å². The van der Waals surface area contributed by atoms with Gasteiger partial charge in [0.2, 0.25) is 0 Å². The second-order valence-corrected chi connectivity index (χ2v) is 5.74. The molecule has 3 rings (SSSR count). The average molecular weight is 268 g/mol. The minimum absolute atomic E-state index is 0.423. The van der Waals surface area contributed by atoms with Gasteiger partial charge in [-0.25, -0.2) is 0 Å². The average Bonchev–Trinajstić information content (AvgIpc) is 3.05. The van der Waals surface area contributed by atoms with E-state index in [1.54, 1.807) is 11.3 Å². The molecular weight excluding hydrogens is 252 g/mol. The molecule has 2 nitrogen and oxygen atoms in total. The Hall–Kier alpha value is -1.76. The molecule has 0 amide bonds. The molecule has 96 valence electrons. The van der Waals surface area contributed by atoms with E-state index in [0.29, 0.717) is 6.54 Å². The van der Waals surface area contributed by atoms with Crippen molar-refractivity contribution >= 4 is 17.0 Å². The van der Waals surface area contributed by atoms with E-state index in [1.807, 2.05) is 0 Å². The van der Waals surface area contributed by atoms with Gasteiger partial charge in [0.1, 0.15) is 0 Å². The molecule has 0 fully saturated rings. The van der Waals surface area contributed by atoms with Crippen molar-refractivity contribution in [1.29, 1.82) is 0 Å². The van der Waals surface area contributed by atoms with Crippen molar-refractivity contribution in [1.82, 2.24) is 0 Å². The summed E-state index contributed by atoms with van der Waals surface area (Å²) in [6.07, 6.45) is 1.15. The Kier molecular flexibility index (Phi) is 3.54. The summed E-state index contributed by atoms with van der Waals surface area (Å²) in [6, 6.07) is 12.9. The summed E-state index contributed by atoms with van der Waals surface area (Å²) in [4.78, 5) is 4.91. The number of thiophene rings is 1. The highest BCUT2D eigenvalue weighted by atomic mass is 32.1. The van der Waals surface area contributed by atoms with Crippen LogP contribution in [0.3, 0.4) is 0 Å². The number of hydrogen-bond acceptors (Lipinski definition) is 3. The van der Waals surface area contributed by atoms with Crippen molar-refractivity contribution in [2.45, 2.75) is 13.0 Å². The van der Waals surface area contributed by atoms with Crippen molar-refractivity contribution in [2.24, 2.45) is 5.73 Å². The molecule has 1 aliphatic heterocycles. The van der Waals surface area contributed by atoms with E-state index in [4.69, 9.17) is 5.73 Å². The SMILES string of the molecule is NCC#Cc1ccc(CN2CCc3ccccc32)s1. The lowest BCUT2D eigenvalue weighted by Crippen LogP contribution is -2.18. The number of fused-ring (bicyclic) bond motifs is 1. The fraction of sp³-hybridized carbons (Fsp3) is 0.250. The van der Waals surface area contributed by atoms with E-state index in [1.165, 1.54) is 16.1 Å². The maximum Gasteiger partial charge on any atom is 0.0772 e. The smallest absolute Gasteiger partial charge is 0.0772 e. The molecule has 0 saturated carbocycles. The van der Waals surface area contributed by atoms with Crippen LogP contribution in [-0.2, 0) is 13.0 Å². The van der Waals surface area contributed by atoms with Crippen LogP contribution in [0.4, 0.5) is 5.69 Å². The molecule has 2 N–H and O–H groups in total. The van der Waals surface area contributed by atoms with Crippen LogP contribution in [0.2, 0.25) is 0 Å². The van der Waals surface area contributed by atoms with Crippen LogP contribution in [0.15, 0.2) is 36.4 Å². The standard InChI is InChI=1S/C16H16N2S/c17-10-3-5-14-7-8-15(19-14)12-18-11-9-13-4-1-2-6-16(13)18/h1-2,4,6-8H,9-12,17H2. The molecule has 0 atom stereocenters. The summed E-state index contributed by atoms with van der Waals surface area (Å²) >= 11 is 1.76. The number of rotatable bonds is 2. The van der Waals surface area contributed by atoms with E-state index in [2.05, 4.69) is 53.1 Å². The van der Waals surface area contributed by atoms with Crippen LogP contribution in [0.5, 0.6) is 0 Å². The zero-order valence-corrected chi connectivity index (χ0v) is 11.5. The summed E-state index contributed by atoms with van der Waals surface area (Å²) in [7, 11) is 0. The first-order valence-electron chi connectivity index (χ1n) is 6.47. The first-order valence-corrected chi connectivity index (χ1v) is 7.29. The molecule has 0 aliphatic carbocycles. The molecule has 3 heteroatoms. The zero-order chi connectivity index (χ0) is 13.1. The van der Waals surface area contributed by atoms with Crippen molar-refractivity contribution in [3.05, 3.63) is 51.7 Å². The second-order valence-electron chi connectivity index (χ2n) is 4.57. The molecule has 2 heterocycles. The summed E-state index contributed by atoms with van der Waals surface area (Å²) in [5, 5.41) is 0. The molecule has 1 aromatic carbocycles. The van der Waals surface area contributed by atoms with Crippen LogP contribution in [0.25, 0.3) is 0 Å². The first-order chi connectivity index (χ1) is 9.36. The van der Waals surface area contributed by atoms with E-state index in [9.17, 15) is 0 Å². The summed E-state index contributed by atoms with van der Waals surface area (Å²) < 4.78 is 0. The molecule has 2 aromatic rings. The number of nitrogens with zero attached hydrogens (tertiary/aromatic N) is 1. The third kappa shape index (κ3) is 2.65. The third-order valence-electron chi connectivity index (χ3n) is 3.31. The van der Waals surface area contributed by atoms with Crippen LogP contribution in [-0.4, -0.2) is 13.1 Å². The Morgan fingerprint density at radius 1 is 1.21 bits per heavy atom. The van der Waals surface area contributed by atoms with Crippen molar-refractivity contribution in [2.75, 3.05) is 18.0 Å². The monoisotopic (exact) mass is 268 g/mol. The lowest BCUT2D eigenvalue weighted by Gasteiger charge is -2.18. The Morgan fingerprint density at radius 3 is 3.00 bits per heavy atom. The number of anilines is 1. The second kappa shape index (κ2) is 5.48. The number of benzene rings is 1. The van der Waals surface area contributed by atoms with Crippen LogP contribution < -0.4 is 10.6 Å². The number of hydrogen-bond donors (Lipinski definition) is 1. The van der Waals surface area contributed by atoms with E-state index >= 15 is 0 Å². The Labute approximate surface area is 117 Å². The third-order valence-corrected chi connectivity index (χ3v) is 4.29. The van der Waals surface area contributed by atoms with Crippen molar-refractivity contribution < 1.29 is 0 Å². The normalized spacial score (nSPS) is 13.0. The van der Waals surface area contributed by atoms with Crippen molar-refractivity contribution in [3.63, 3.8) is 0 Å². The number of para-hydroxylation sites is 1. The highest BCUT2D eigenvalue weighted by molar-refractivity contribution is 7.12. The molecule has 0 unspecified atom stereocenters. The minimum Gasteiger partial charge on any atom is -0.366 e. The van der Waals surface area contributed by atoms with E-state index < -0.39 is 0 Å². The van der Waals surface area contributed by atoms with Gasteiger partial charge < -0.3 is 10.6 Å². The van der Waals surface area contributed by atoms with E-state index in [0.717, 1.165) is 24.4 Å². The minimum atomic E-state index is 0.423. The van der Waals surface area contributed by atoms with Gasteiger partial charge in [0.05, 0.1) is 18.0 Å². The van der Waals surface area contributed by atoms with Gasteiger partial charge in [-0.05, 0) is 30.2 Å². The van der Waals surface area contributed by atoms with E-state index in [-0.39, 0.29) is 0 Å².